The lowest BCUT2D eigenvalue weighted by Crippen LogP contribution is -2.21. The number of fused-ring (bicyclic) bond motifs is 1. The van der Waals surface area contributed by atoms with Crippen LogP contribution in [0.1, 0.15) is 45.7 Å². The van der Waals surface area contributed by atoms with E-state index in [4.69, 9.17) is 0 Å². The fourth-order valence-electron chi connectivity index (χ4n) is 3.80. The SMILES string of the molecule is CCn1c(SCC(=O)N/N=C(/C)c2ccc3ccccc3c2)nnc1-c1ccc(C(C)(C)C)cc1. The van der Waals surface area contributed by atoms with E-state index in [1.807, 2.05) is 29.7 Å². The Balaban J connectivity index is 1.40. The molecule has 1 N–H and O–H groups in total. The first-order valence-corrected chi connectivity index (χ1v) is 12.7. The first kappa shape index (κ1) is 24.7. The highest BCUT2D eigenvalue weighted by Crippen LogP contribution is 2.27. The summed E-state index contributed by atoms with van der Waals surface area (Å²) < 4.78 is 2.04. The van der Waals surface area contributed by atoms with Crippen LogP contribution in [0.25, 0.3) is 22.2 Å². The normalized spacial score (nSPS) is 12.2. The van der Waals surface area contributed by atoms with Gasteiger partial charge >= 0.3 is 0 Å². The quantitative estimate of drug-likeness (QED) is 0.197. The summed E-state index contributed by atoms with van der Waals surface area (Å²) in [6.45, 7) is 11.3. The summed E-state index contributed by atoms with van der Waals surface area (Å²) in [6.07, 6.45) is 0. The highest BCUT2D eigenvalue weighted by atomic mass is 32.2. The van der Waals surface area contributed by atoms with Crippen LogP contribution in [0.4, 0.5) is 0 Å². The molecule has 3 aromatic carbocycles. The molecule has 4 rings (SSSR count). The number of amides is 1. The van der Waals surface area contributed by atoms with Gasteiger partial charge in [0.25, 0.3) is 5.91 Å². The van der Waals surface area contributed by atoms with E-state index in [1.54, 1.807) is 0 Å². The Bertz CT molecular complexity index is 1370. The van der Waals surface area contributed by atoms with Crippen LogP contribution in [0.2, 0.25) is 0 Å². The van der Waals surface area contributed by atoms with Gasteiger partial charge in [0, 0.05) is 12.1 Å². The van der Waals surface area contributed by atoms with Gasteiger partial charge in [0.1, 0.15) is 0 Å². The van der Waals surface area contributed by atoms with Gasteiger partial charge < -0.3 is 4.57 Å². The summed E-state index contributed by atoms with van der Waals surface area (Å²) in [6, 6.07) is 22.8. The molecule has 0 aliphatic heterocycles. The molecule has 35 heavy (non-hydrogen) atoms. The summed E-state index contributed by atoms with van der Waals surface area (Å²) in [5.74, 6) is 0.827. The monoisotopic (exact) mass is 485 g/mol. The van der Waals surface area contributed by atoms with Crippen LogP contribution < -0.4 is 5.43 Å². The van der Waals surface area contributed by atoms with Gasteiger partial charge in [-0.15, -0.1) is 10.2 Å². The highest BCUT2D eigenvalue weighted by Gasteiger charge is 2.17. The number of carbonyl (C=O) groups excluding carboxylic acids is 1. The third kappa shape index (κ3) is 5.80. The standard InChI is InChI=1S/C28H31N5OS/c1-6-33-26(21-13-15-24(16-14-21)28(3,4)5)31-32-27(33)35-18-25(34)30-29-19(2)22-12-11-20-9-7-8-10-23(20)17-22/h7-17H,6,18H2,1-5H3,(H,30,34)/b29-19-. The lowest BCUT2D eigenvalue weighted by Gasteiger charge is -2.19. The molecule has 0 bridgehead atoms. The molecule has 0 radical (unpaired) electrons. The molecule has 7 heteroatoms. The Kier molecular flexibility index (Phi) is 7.36. The second kappa shape index (κ2) is 10.4. The Hall–Kier alpha value is -3.45. The largest absolute Gasteiger partial charge is 0.302 e. The maximum atomic E-state index is 12.5. The van der Waals surface area contributed by atoms with Crippen molar-refractivity contribution in [3.63, 3.8) is 0 Å². The van der Waals surface area contributed by atoms with E-state index < -0.39 is 0 Å². The van der Waals surface area contributed by atoms with Crippen molar-refractivity contribution < 1.29 is 4.79 Å². The predicted octanol–water partition coefficient (Wildman–Crippen LogP) is 6.05. The van der Waals surface area contributed by atoms with Crippen molar-refractivity contribution >= 4 is 34.2 Å². The van der Waals surface area contributed by atoms with Gasteiger partial charge in [-0.1, -0.05) is 93.2 Å². The summed E-state index contributed by atoms with van der Waals surface area (Å²) in [4.78, 5) is 12.5. The Labute approximate surface area is 210 Å². The zero-order valence-corrected chi connectivity index (χ0v) is 21.7. The smallest absolute Gasteiger partial charge is 0.250 e. The van der Waals surface area contributed by atoms with Crippen molar-refractivity contribution in [2.75, 3.05) is 5.75 Å². The number of benzene rings is 3. The number of carbonyl (C=O) groups is 1. The molecule has 0 saturated carbocycles. The Morgan fingerprint density at radius 3 is 2.40 bits per heavy atom. The minimum atomic E-state index is -0.183. The minimum Gasteiger partial charge on any atom is -0.302 e. The molecule has 180 valence electrons. The van der Waals surface area contributed by atoms with Crippen LogP contribution in [-0.2, 0) is 16.8 Å². The number of aromatic nitrogens is 3. The van der Waals surface area contributed by atoms with Crippen molar-refractivity contribution in [2.45, 2.75) is 51.7 Å². The number of rotatable bonds is 7. The molecule has 1 heterocycles. The van der Waals surface area contributed by atoms with E-state index in [1.165, 1.54) is 22.7 Å². The third-order valence-electron chi connectivity index (χ3n) is 5.89. The molecule has 0 unspecified atom stereocenters. The topological polar surface area (TPSA) is 72.2 Å². The van der Waals surface area contributed by atoms with Gasteiger partial charge in [-0.3, -0.25) is 4.79 Å². The number of hydrogen-bond donors (Lipinski definition) is 1. The number of nitrogens with one attached hydrogen (secondary N) is 1. The summed E-state index contributed by atoms with van der Waals surface area (Å²) in [5, 5.41) is 16.1. The van der Waals surface area contributed by atoms with Crippen molar-refractivity contribution in [2.24, 2.45) is 5.10 Å². The fraction of sp³-hybridized carbons (Fsp3) is 0.286. The number of thioether (sulfide) groups is 1. The van der Waals surface area contributed by atoms with Gasteiger partial charge in [-0.05, 0) is 47.2 Å². The van der Waals surface area contributed by atoms with Gasteiger partial charge in [-0.25, -0.2) is 5.43 Å². The van der Waals surface area contributed by atoms with E-state index in [0.717, 1.165) is 28.0 Å². The third-order valence-corrected chi connectivity index (χ3v) is 6.86. The Morgan fingerprint density at radius 1 is 1.00 bits per heavy atom. The molecule has 4 aromatic rings. The van der Waals surface area contributed by atoms with E-state index in [-0.39, 0.29) is 17.1 Å². The van der Waals surface area contributed by atoms with Gasteiger partial charge in [0.2, 0.25) is 0 Å². The zero-order chi connectivity index (χ0) is 25.0. The molecule has 0 saturated heterocycles. The maximum absolute atomic E-state index is 12.5. The minimum absolute atomic E-state index is 0.0977. The molecule has 6 nitrogen and oxygen atoms in total. The van der Waals surface area contributed by atoms with Crippen molar-refractivity contribution in [1.29, 1.82) is 0 Å². The summed E-state index contributed by atoms with van der Waals surface area (Å²) in [5.41, 5.74) is 6.78. The van der Waals surface area contributed by atoms with Crippen LogP contribution in [0.3, 0.4) is 0 Å². The van der Waals surface area contributed by atoms with E-state index in [0.29, 0.717) is 11.7 Å². The predicted molar refractivity (Wildman–Crippen MR) is 145 cm³/mol. The molecular formula is C28H31N5OS. The van der Waals surface area contributed by atoms with Crippen molar-refractivity contribution in [3.05, 3.63) is 77.9 Å². The molecule has 0 spiro atoms. The lowest BCUT2D eigenvalue weighted by atomic mass is 9.87. The van der Waals surface area contributed by atoms with E-state index in [2.05, 4.69) is 97.0 Å². The van der Waals surface area contributed by atoms with Crippen LogP contribution >= 0.6 is 11.8 Å². The van der Waals surface area contributed by atoms with Gasteiger partial charge in [0.05, 0.1) is 11.5 Å². The van der Waals surface area contributed by atoms with Crippen LogP contribution in [0.15, 0.2) is 77.0 Å². The van der Waals surface area contributed by atoms with Gasteiger partial charge in [0.15, 0.2) is 11.0 Å². The van der Waals surface area contributed by atoms with Crippen LogP contribution in [0.5, 0.6) is 0 Å². The first-order valence-electron chi connectivity index (χ1n) is 11.8. The summed E-state index contributed by atoms with van der Waals surface area (Å²) >= 11 is 1.36. The number of hydrogen-bond acceptors (Lipinski definition) is 5. The average Bonchev–Trinajstić information content (AvgIpc) is 3.28. The van der Waals surface area contributed by atoms with E-state index >= 15 is 0 Å². The first-order chi connectivity index (χ1) is 16.8. The van der Waals surface area contributed by atoms with Crippen molar-refractivity contribution in [1.82, 2.24) is 20.2 Å². The van der Waals surface area contributed by atoms with Crippen LogP contribution in [0, 0.1) is 0 Å². The molecule has 1 aromatic heterocycles. The lowest BCUT2D eigenvalue weighted by molar-refractivity contribution is -0.118. The molecular weight excluding hydrogens is 454 g/mol. The number of nitrogens with zero attached hydrogens (tertiary/aromatic N) is 4. The molecule has 0 atom stereocenters. The molecule has 0 fully saturated rings. The van der Waals surface area contributed by atoms with E-state index in [9.17, 15) is 4.79 Å². The molecule has 0 aliphatic rings. The zero-order valence-electron chi connectivity index (χ0n) is 20.9. The number of hydrazone groups is 1. The Morgan fingerprint density at radius 2 is 1.71 bits per heavy atom. The average molecular weight is 486 g/mol. The second-order valence-electron chi connectivity index (χ2n) is 9.46. The highest BCUT2D eigenvalue weighted by molar-refractivity contribution is 7.99. The van der Waals surface area contributed by atoms with Gasteiger partial charge in [-0.2, -0.15) is 5.10 Å². The van der Waals surface area contributed by atoms with Crippen molar-refractivity contribution in [3.8, 4) is 11.4 Å². The molecule has 1 amide bonds. The van der Waals surface area contributed by atoms with Crippen LogP contribution in [-0.4, -0.2) is 32.1 Å². The second-order valence-corrected chi connectivity index (χ2v) is 10.4. The molecule has 0 aliphatic carbocycles. The maximum Gasteiger partial charge on any atom is 0.250 e. The summed E-state index contributed by atoms with van der Waals surface area (Å²) in [7, 11) is 0. The fourth-order valence-corrected chi connectivity index (χ4v) is 4.60.